The Hall–Kier alpha value is -0.0800. The van der Waals surface area contributed by atoms with Gasteiger partial charge in [0.05, 0.1) is 5.60 Å². The number of ether oxygens (including phenoxy) is 1. The molecule has 1 rings (SSSR count). The van der Waals surface area contributed by atoms with Gasteiger partial charge < -0.3 is 10.1 Å². The van der Waals surface area contributed by atoms with Crippen molar-refractivity contribution in [1.82, 2.24) is 5.32 Å². The Bertz CT molecular complexity index is 203. The van der Waals surface area contributed by atoms with E-state index in [2.05, 4.69) is 33.0 Å². The van der Waals surface area contributed by atoms with Gasteiger partial charge in [-0.05, 0) is 26.3 Å². The molecule has 90 valence electrons. The summed E-state index contributed by atoms with van der Waals surface area (Å²) in [5, 5.41) is 3.65. The van der Waals surface area contributed by atoms with Crippen LogP contribution in [0.4, 0.5) is 0 Å². The summed E-state index contributed by atoms with van der Waals surface area (Å²) in [5.74, 6) is 0. The summed E-state index contributed by atoms with van der Waals surface area (Å²) in [5.41, 5.74) is 0.323. The van der Waals surface area contributed by atoms with Gasteiger partial charge in [0.1, 0.15) is 0 Å². The highest BCUT2D eigenvalue weighted by Gasteiger charge is 2.57. The molecule has 1 saturated carbocycles. The molecule has 0 aromatic rings. The fourth-order valence-corrected chi connectivity index (χ4v) is 2.47. The molecule has 0 aromatic heterocycles. The van der Waals surface area contributed by atoms with Gasteiger partial charge in [0.25, 0.3) is 0 Å². The van der Waals surface area contributed by atoms with Gasteiger partial charge in [-0.15, -0.1) is 0 Å². The molecule has 0 saturated heterocycles. The van der Waals surface area contributed by atoms with Gasteiger partial charge >= 0.3 is 0 Å². The predicted octanol–water partition coefficient (Wildman–Crippen LogP) is 2.97. The van der Waals surface area contributed by atoms with Crippen LogP contribution in [0.2, 0.25) is 0 Å². The minimum Gasteiger partial charge on any atom is -0.378 e. The number of unbranched alkanes of at least 4 members (excludes halogenated alkanes) is 2. The highest BCUT2D eigenvalue weighted by molar-refractivity contribution is 5.11. The molecule has 2 nitrogen and oxygen atoms in total. The molecule has 2 atom stereocenters. The normalized spacial score (nSPS) is 33.8. The molecule has 2 heteroatoms. The van der Waals surface area contributed by atoms with E-state index in [1.54, 1.807) is 0 Å². The van der Waals surface area contributed by atoms with Crippen LogP contribution in [0.25, 0.3) is 0 Å². The standard InChI is InChI=1S/C13H27NO/c1-6-7-8-9-14-11-10-13(4,15-5)12(11,2)3/h11,14H,6-10H2,1-5H3. The first-order valence-corrected chi connectivity index (χ1v) is 6.26. The number of methoxy groups -OCH3 is 1. The molecule has 0 aromatic carbocycles. The third kappa shape index (κ3) is 2.36. The number of hydrogen-bond acceptors (Lipinski definition) is 2. The Morgan fingerprint density at radius 1 is 1.27 bits per heavy atom. The molecule has 0 heterocycles. The van der Waals surface area contributed by atoms with Crippen LogP contribution < -0.4 is 5.32 Å². The van der Waals surface area contributed by atoms with Crippen LogP contribution in [-0.4, -0.2) is 25.3 Å². The van der Waals surface area contributed by atoms with E-state index in [0.717, 1.165) is 13.0 Å². The maximum Gasteiger partial charge on any atom is 0.0731 e. The van der Waals surface area contributed by atoms with Gasteiger partial charge in [-0.25, -0.2) is 0 Å². The molecular weight excluding hydrogens is 186 g/mol. The lowest BCUT2D eigenvalue weighted by atomic mass is 9.56. The number of hydrogen-bond donors (Lipinski definition) is 1. The summed E-state index contributed by atoms with van der Waals surface area (Å²) in [6, 6.07) is 0.624. The van der Waals surface area contributed by atoms with Crippen LogP contribution >= 0.6 is 0 Å². The van der Waals surface area contributed by atoms with Crippen LogP contribution in [-0.2, 0) is 4.74 Å². The smallest absolute Gasteiger partial charge is 0.0731 e. The molecule has 1 aliphatic rings. The topological polar surface area (TPSA) is 21.3 Å². The summed E-state index contributed by atoms with van der Waals surface area (Å²) in [6.45, 7) is 10.2. The van der Waals surface area contributed by atoms with E-state index < -0.39 is 0 Å². The zero-order chi connectivity index (χ0) is 11.5. The minimum atomic E-state index is 0.0649. The zero-order valence-electron chi connectivity index (χ0n) is 11.0. The average Bonchev–Trinajstić information content (AvgIpc) is 2.22. The molecule has 1 N–H and O–H groups in total. The minimum absolute atomic E-state index is 0.0649. The Morgan fingerprint density at radius 2 is 1.93 bits per heavy atom. The van der Waals surface area contributed by atoms with Crippen molar-refractivity contribution in [2.45, 2.75) is 65.0 Å². The van der Waals surface area contributed by atoms with Crippen molar-refractivity contribution in [2.24, 2.45) is 5.41 Å². The Balaban J connectivity index is 2.29. The first-order valence-electron chi connectivity index (χ1n) is 6.26. The van der Waals surface area contributed by atoms with Crippen molar-refractivity contribution >= 4 is 0 Å². The quantitative estimate of drug-likeness (QED) is 0.685. The lowest BCUT2D eigenvalue weighted by Crippen LogP contribution is -2.67. The van der Waals surface area contributed by atoms with E-state index in [0.29, 0.717) is 6.04 Å². The molecule has 0 amide bonds. The first kappa shape index (κ1) is 13.0. The molecule has 15 heavy (non-hydrogen) atoms. The fraction of sp³-hybridized carbons (Fsp3) is 1.00. The third-order valence-corrected chi connectivity index (χ3v) is 4.45. The van der Waals surface area contributed by atoms with Crippen LogP contribution in [0.15, 0.2) is 0 Å². The molecule has 1 fully saturated rings. The largest absolute Gasteiger partial charge is 0.378 e. The average molecular weight is 213 g/mol. The van der Waals surface area contributed by atoms with Gasteiger partial charge in [-0.1, -0.05) is 33.6 Å². The van der Waals surface area contributed by atoms with E-state index >= 15 is 0 Å². The maximum absolute atomic E-state index is 5.61. The summed E-state index contributed by atoms with van der Waals surface area (Å²) in [7, 11) is 1.83. The predicted molar refractivity (Wildman–Crippen MR) is 65.1 cm³/mol. The number of nitrogens with one attached hydrogen (secondary N) is 1. The van der Waals surface area contributed by atoms with Gasteiger partial charge in [0.2, 0.25) is 0 Å². The van der Waals surface area contributed by atoms with Crippen molar-refractivity contribution < 1.29 is 4.74 Å². The van der Waals surface area contributed by atoms with Crippen LogP contribution in [0.1, 0.15) is 53.4 Å². The van der Waals surface area contributed by atoms with E-state index in [-0.39, 0.29) is 11.0 Å². The highest BCUT2D eigenvalue weighted by atomic mass is 16.5. The molecule has 1 aliphatic carbocycles. The second kappa shape index (κ2) is 4.84. The summed E-state index contributed by atoms with van der Waals surface area (Å²) in [4.78, 5) is 0. The molecule has 2 unspecified atom stereocenters. The Labute approximate surface area is 94.8 Å². The lowest BCUT2D eigenvalue weighted by molar-refractivity contribution is -0.180. The van der Waals surface area contributed by atoms with Crippen LogP contribution in [0.3, 0.4) is 0 Å². The molecule has 0 radical (unpaired) electrons. The molecule has 0 aliphatic heterocycles. The van der Waals surface area contributed by atoms with Gasteiger partial charge in [-0.3, -0.25) is 0 Å². The Morgan fingerprint density at radius 3 is 2.40 bits per heavy atom. The van der Waals surface area contributed by atoms with Gasteiger partial charge in [0.15, 0.2) is 0 Å². The monoisotopic (exact) mass is 213 g/mol. The number of rotatable bonds is 6. The van der Waals surface area contributed by atoms with Gasteiger partial charge in [-0.2, -0.15) is 0 Å². The van der Waals surface area contributed by atoms with E-state index in [4.69, 9.17) is 4.74 Å². The summed E-state index contributed by atoms with van der Waals surface area (Å²) < 4.78 is 5.61. The van der Waals surface area contributed by atoms with Crippen molar-refractivity contribution in [3.63, 3.8) is 0 Å². The van der Waals surface area contributed by atoms with E-state index in [9.17, 15) is 0 Å². The van der Waals surface area contributed by atoms with Crippen molar-refractivity contribution in [3.05, 3.63) is 0 Å². The lowest BCUT2D eigenvalue weighted by Gasteiger charge is -2.59. The zero-order valence-corrected chi connectivity index (χ0v) is 11.0. The van der Waals surface area contributed by atoms with Crippen LogP contribution in [0.5, 0.6) is 0 Å². The second-order valence-electron chi connectivity index (χ2n) is 5.57. The maximum atomic E-state index is 5.61. The molecular formula is C13H27NO. The van der Waals surface area contributed by atoms with Crippen molar-refractivity contribution in [2.75, 3.05) is 13.7 Å². The molecule has 0 spiro atoms. The third-order valence-electron chi connectivity index (χ3n) is 4.45. The summed E-state index contributed by atoms with van der Waals surface area (Å²) >= 11 is 0. The molecule has 0 bridgehead atoms. The van der Waals surface area contributed by atoms with Crippen LogP contribution in [0, 0.1) is 5.41 Å². The van der Waals surface area contributed by atoms with Crippen molar-refractivity contribution in [1.29, 1.82) is 0 Å². The fourth-order valence-electron chi connectivity index (χ4n) is 2.47. The van der Waals surface area contributed by atoms with Gasteiger partial charge in [0, 0.05) is 18.6 Å². The van der Waals surface area contributed by atoms with Crippen molar-refractivity contribution in [3.8, 4) is 0 Å². The highest BCUT2D eigenvalue weighted by Crippen LogP contribution is 2.51. The van der Waals surface area contributed by atoms with E-state index in [1.807, 2.05) is 7.11 Å². The SMILES string of the molecule is CCCCCNC1CC(C)(OC)C1(C)C. The first-order chi connectivity index (χ1) is 6.98. The second-order valence-corrected chi connectivity index (χ2v) is 5.57. The Kier molecular flexibility index (Phi) is 4.19. The van der Waals surface area contributed by atoms with E-state index in [1.165, 1.54) is 19.3 Å². The summed E-state index contributed by atoms with van der Waals surface area (Å²) in [6.07, 6.45) is 5.07.